The van der Waals surface area contributed by atoms with Crippen molar-refractivity contribution in [3.8, 4) is 0 Å². The van der Waals surface area contributed by atoms with E-state index in [1.165, 1.54) is 24.4 Å². The Bertz CT molecular complexity index is 774. The van der Waals surface area contributed by atoms with Gasteiger partial charge in [-0.2, -0.15) is 4.98 Å². The molecule has 0 radical (unpaired) electrons. The average molecular weight is 347 g/mol. The summed E-state index contributed by atoms with van der Waals surface area (Å²) in [6.45, 7) is 0.894. The third-order valence-corrected chi connectivity index (χ3v) is 4.98. The summed E-state index contributed by atoms with van der Waals surface area (Å²) in [6.07, 6.45) is 7.66. The molecule has 1 N–H and O–H groups in total. The molecule has 4 rings (SSSR count). The van der Waals surface area contributed by atoms with Gasteiger partial charge < -0.3 is 9.88 Å². The van der Waals surface area contributed by atoms with E-state index in [-0.39, 0.29) is 17.5 Å². The van der Waals surface area contributed by atoms with Crippen LogP contribution in [-0.4, -0.2) is 35.7 Å². The smallest absolute Gasteiger partial charge is 0.329 e. The van der Waals surface area contributed by atoms with Gasteiger partial charge in [-0.15, -0.1) is 10.2 Å². The predicted molar refractivity (Wildman–Crippen MR) is 87.0 cm³/mol. The minimum Gasteiger partial charge on any atom is -0.361 e. The molecule has 0 bridgehead atoms. The Morgan fingerprint density at radius 2 is 2.17 bits per heavy atom. The van der Waals surface area contributed by atoms with Gasteiger partial charge in [0.05, 0.1) is 4.92 Å². The zero-order chi connectivity index (χ0) is 16.5. The Kier molecular flexibility index (Phi) is 4.05. The normalized spacial score (nSPS) is 17.2. The Hall–Kier alpha value is -2.23. The van der Waals surface area contributed by atoms with E-state index in [1.807, 2.05) is 0 Å². The Morgan fingerprint density at radius 1 is 1.29 bits per heavy atom. The second-order valence-electron chi connectivity index (χ2n) is 6.03. The van der Waals surface area contributed by atoms with Crippen LogP contribution in [-0.2, 0) is 13.0 Å². The summed E-state index contributed by atoms with van der Waals surface area (Å²) in [4.78, 5) is 19.1. The van der Waals surface area contributed by atoms with Crippen LogP contribution in [0.15, 0.2) is 16.5 Å². The molecule has 1 aliphatic heterocycles. The summed E-state index contributed by atoms with van der Waals surface area (Å²) in [5.74, 6) is 1.28. The lowest BCUT2D eigenvalue weighted by Gasteiger charge is -2.07. The molecule has 2 aromatic heterocycles. The second kappa shape index (κ2) is 6.34. The van der Waals surface area contributed by atoms with E-state index in [2.05, 4.69) is 30.0 Å². The van der Waals surface area contributed by atoms with E-state index < -0.39 is 4.92 Å². The van der Waals surface area contributed by atoms with E-state index in [1.54, 1.807) is 0 Å². The van der Waals surface area contributed by atoms with E-state index in [4.69, 9.17) is 0 Å². The molecule has 1 aliphatic carbocycles. The van der Waals surface area contributed by atoms with Crippen molar-refractivity contribution in [2.24, 2.45) is 0 Å². The molecule has 24 heavy (non-hydrogen) atoms. The molecule has 1 saturated carbocycles. The zero-order valence-electron chi connectivity index (χ0n) is 13.0. The van der Waals surface area contributed by atoms with Crippen molar-refractivity contribution in [1.29, 1.82) is 0 Å². The summed E-state index contributed by atoms with van der Waals surface area (Å²) in [5, 5.41) is 23.9. The highest BCUT2D eigenvalue weighted by molar-refractivity contribution is 7.99. The lowest BCUT2D eigenvalue weighted by atomic mass is 10.2. The number of hydrogen-bond donors (Lipinski definition) is 1. The van der Waals surface area contributed by atoms with Crippen LogP contribution in [0.2, 0.25) is 0 Å². The third kappa shape index (κ3) is 3.18. The molecule has 0 saturated heterocycles. The first kappa shape index (κ1) is 15.3. The minimum atomic E-state index is -0.456. The molecule has 9 nitrogen and oxygen atoms in total. The van der Waals surface area contributed by atoms with E-state index >= 15 is 0 Å². The van der Waals surface area contributed by atoms with Gasteiger partial charge in [-0.25, -0.2) is 4.98 Å². The third-order valence-electron chi connectivity index (χ3n) is 4.12. The number of anilines is 1. The summed E-state index contributed by atoms with van der Waals surface area (Å²) >= 11 is 1.30. The number of aryl methyl sites for hydroxylation is 1. The van der Waals surface area contributed by atoms with Gasteiger partial charge in [-0.1, -0.05) is 6.42 Å². The van der Waals surface area contributed by atoms with Crippen molar-refractivity contribution in [3.05, 3.63) is 22.1 Å². The fraction of sp³-hybridized carbons (Fsp3) is 0.571. The van der Waals surface area contributed by atoms with E-state index in [9.17, 15) is 10.1 Å². The molecule has 0 spiro atoms. The van der Waals surface area contributed by atoms with Crippen LogP contribution in [0.1, 0.15) is 37.9 Å². The lowest BCUT2D eigenvalue weighted by molar-refractivity contribution is -0.384. The molecule has 0 atom stereocenters. The topological polar surface area (TPSA) is 112 Å². The van der Waals surface area contributed by atoms with E-state index in [0.717, 1.165) is 49.6 Å². The Morgan fingerprint density at radius 3 is 2.96 bits per heavy atom. The number of fused-ring (bicyclic) bond motifs is 1. The van der Waals surface area contributed by atoms with Crippen molar-refractivity contribution in [3.63, 3.8) is 0 Å². The molecule has 10 heteroatoms. The first-order chi connectivity index (χ1) is 11.7. The van der Waals surface area contributed by atoms with Crippen LogP contribution >= 0.6 is 11.8 Å². The van der Waals surface area contributed by atoms with Gasteiger partial charge in [0.15, 0.2) is 10.3 Å². The highest BCUT2D eigenvalue weighted by Gasteiger charge is 2.27. The molecule has 2 aromatic rings. The van der Waals surface area contributed by atoms with Gasteiger partial charge in [0.2, 0.25) is 5.82 Å². The molecule has 0 unspecified atom stereocenters. The van der Waals surface area contributed by atoms with Gasteiger partial charge in [0.25, 0.3) is 0 Å². The summed E-state index contributed by atoms with van der Waals surface area (Å²) in [6, 6.07) is 0.279. The number of rotatable bonds is 5. The quantitative estimate of drug-likeness (QED) is 0.498. The van der Waals surface area contributed by atoms with Crippen LogP contribution in [0, 0.1) is 10.1 Å². The zero-order valence-corrected chi connectivity index (χ0v) is 13.8. The van der Waals surface area contributed by atoms with Crippen LogP contribution in [0.4, 0.5) is 11.5 Å². The van der Waals surface area contributed by atoms with Gasteiger partial charge in [-0.05, 0) is 37.4 Å². The first-order valence-electron chi connectivity index (χ1n) is 8.08. The maximum absolute atomic E-state index is 11.1. The number of nitrogens with one attached hydrogen (secondary N) is 1. The van der Waals surface area contributed by atoms with Gasteiger partial charge in [0.1, 0.15) is 12.0 Å². The standard InChI is InChI=1S/C14H17N7O2S/c22-21(23)10-8-15-13(17-12(10)16-9-5-6-9)24-14-19-18-11-4-2-1-3-7-20(11)14/h8-9H,1-7H2,(H,15,16,17). The number of nitrogens with zero attached hydrogens (tertiary/aromatic N) is 6. The van der Waals surface area contributed by atoms with Crippen molar-refractivity contribution in [2.75, 3.05) is 5.32 Å². The minimum absolute atomic E-state index is 0.0914. The van der Waals surface area contributed by atoms with Crippen molar-refractivity contribution >= 4 is 23.3 Å². The monoisotopic (exact) mass is 347 g/mol. The Labute approximate surface area is 142 Å². The molecular formula is C14H17N7O2S. The molecule has 0 aromatic carbocycles. The van der Waals surface area contributed by atoms with Gasteiger partial charge >= 0.3 is 5.69 Å². The van der Waals surface area contributed by atoms with Crippen LogP contribution in [0.5, 0.6) is 0 Å². The summed E-state index contributed by atoms with van der Waals surface area (Å²) in [5.41, 5.74) is -0.0914. The van der Waals surface area contributed by atoms with E-state index in [0.29, 0.717) is 5.16 Å². The number of nitro groups is 1. The lowest BCUT2D eigenvalue weighted by Crippen LogP contribution is -2.08. The summed E-state index contributed by atoms with van der Waals surface area (Å²) < 4.78 is 2.11. The summed E-state index contributed by atoms with van der Waals surface area (Å²) in [7, 11) is 0. The maximum atomic E-state index is 11.1. The van der Waals surface area contributed by atoms with Crippen LogP contribution in [0.3, 0.4) is 0 Å². The predicted octanol–water partition coefficient (Wildman–Crippen LogP) is 2.43. The Balaban J connectivity index is 1.60. The molecule has 3 heterocycles. The number of hydrogen-bond acceptors (Lipinski definition) is 8. The molecule has 126 valence electrons. The van der Waals surface area contributed by atoms with Crippen LogP contribution in [0.25, 0.3) is 0 Å². The van der Waals surface area contributed by atoms with Gasteiger partial charge in [-0.3, -0.25) is 10.1 Å². The average Bonchev–Trinajstić information content (AvgIpc) is 3.34. The van der Waals surface area contributed by atoms with Crippen molar-refractivity contribution < 1.29 is 4.92 Å². The van der Waals surface area contributed by atoms with Gasteiger partial charge in [0, 0.05) is 19.0 Å². The highest BCUT2D eigenvalue weighted by atomic mass is 32.2. The number of aromatic nitrogens is 5. The highest BCUT2D eigenvalue weighted by Crippen LogP contribution is 2.32. The van der Waals surface area contributed by atoms with Crippen LogP contribution < -0.4 is 5.32 Å². The molecular weight excluding hydrogens is 330 g/mol. The fourth-order valence-electron chi connectivity index (χ4n) is 2.68. The SMILES string of the molecule is O=[N+]([O-])c1cnc(Sc2nnc3n2CCCCC3)nc1NC1CC1. The second-order valence-corrected chi connectivity index (χ2v) is 6.96. The molecule has 0 amide bonds. The van der Waals surface area contributed by atoms with Crippen molar-refractivity contribution in [2.45, 2.75) is 61.4 Å². The largest absolute Gasteiger partial charge is 0.361 e. The fourth-order valence-corrected chi connectivity index (χ4v) is 3.48. The molecule has 1 fully saturated rings. The molecule has 2 aliphatic rings. The first-order valence-corrected chi connectivity index (χ1v) is 8.90. The van der Waals surface area contributed by atoms with Crippen molar-refractivity contribution in [1.82, 2.24) is 24.7 Å². The maximum Gasteiger partial charge on any atom is 0.329 e.